The molecule has 0 unspecified atom stereocenters. The fraction of sp³-hybridized carbons (Fsp3) is 0.385. The Labute approximate surface area is 90.9 Å². The van der Waals surface area contributed by atoms with Gasteiger partial charge < -0.3 is 9.84 Å². The lowest BCUT2D eigenvalue weighted by Crippen LogP contribution is -1.93. The first-order valence-electron chi connectivity index (χ1n) is 5.21. The fourth-order valence-corrected chi connectivity index (χ4v) is 1.10. The van der Waals surface area contributed by atoms with Gasteiger partial charge in [-0.05, 0) is 18.6 Å². The van der Waals surface area contributed by atoms with Crippen molar-refractivity contribution in [3.8, 4) is 23.3 Å². The Balaban J connectivity index is 2.30. The summed E-state index contributed by atoms with van der Waals surface area (Å²) in [5.41, 5.74) is 0. The summed E-state index contributed by atoms with van der Waals surface area (Å²) >= 11 is 0. The van der Waals surface area contributed by atoms with Crippen molar-refractivity contribution in [1.29, 1.82) is 0 Å². The van der Waals surface area contributed by atoms with E-state index in [1.165, 1.54) is 0 Å². The molecule has 0 fully saturated rings. The summed E-state index contributed by atoms with van der Waals surface area (Å²) in [7, 11) is 0. The Kier molecular flexibility index (Phi) is 5.18. The van der Waals surface area contributed by atoms with Crippen molar-refractivity contribution in [2.75, 3.05) is 6.61 Å². The minimum absolute atomic E-state index is 0.160. The lowest BCUT2D eigenvalue weighted by Gasteiger charge is -2.02. The molecule has 1 N–H and O–H groups in total. The first-order valence-corrected chi connectivity index (χ1v) is 5.21. The predicted octanol–water partition coefficient (Wildman–Crippen LogP) is 2.96. The highest BCUT2D eigenvalue weighted by molar-refractivity contribution is 5.38. The Bertz CT molecular complexity index is 347. The summed E-state index contributed by atoms with van der Waals surface area (Å²) in [6, 6.07) is 6.90. The predicted molar refractivity (Wildman–Crippen MR) is 60.9 cm³/mol. The monoisotopic (exact) mass is 204 g/mol. The molecule has 0 spiro atoms. The van der Waals surface area contributed by atoms with E-state index in [1.807, 2.05) is 6.07 Å². The van der Waals surface area contributed by atoms with Gasteiger partial charge in [-0.1, -0.05) is 37.3 Å². The molecule has 0 amide bonds. The minimum Gasteiger partial charge on any atom is -0.504 e. The Morgan fingerprint density at radius 1 is 1.27 bits per heavy atom. The lowest BCUT2D eigenvalue weighted by molar-refractivity contribution is 0.341. The van der Waals surface area contributed by atoms with Crippen LogP contribution in [0.1, 0.15) is 26.2 Å². The molecule has 2 heteroatoms. The van der Waals surface area contributed by atoms with Gasteiger partial charge in [0.25, 0.3) is 0 Å². The highest BCUT2D eigenvalue weighted by Crippen LogP contribution is 2.23. The number of phenolic OH excluding ortho intramolecular Hbond substituents is 1. The van der Waals surface area contributed by atoms with Gasteiger partial charge in [0.2, 0.25) is 0 Å². The van der Waals surface area contributed by atoms with Crippen molar-refractivity contribution in [3.05, 3.63) is 24.3 Å². The second-order valence-corrected chi connectivity index (χ2v) is 3.21. The van der Waals surface area contributed by atoms with Gasteiger partial charge in [0.15, 0.2) is 11.5 Å². The van der Waals surface area contributed by atoms with Gasteiger partial charge in [-0.3, -0.25) is 0 Å². The van der Waals surface area contributed by atoms with Crippen LogP contribution in [0.4, 0.5) is 0 Å². The van der Waals surface area contributed by atoms with E-state index in [0.29, 0.717) is 12.4 Å². The molecular formula is C13H16O2. The summed E-state index contributed by atoms with van der Waals surface area (Å²) in [5, 5.41) is 9.38. The van der Waals surface area contributed by atoms with Crippen LogP contribution in [0, 0.1) is 11.8 Å². The van der Waals surface area contributed by atoms with Gasteiger partial charge >= 0.3 is 0 Å². The molecule has 0 aromatic heterocycles. The third-order valence-electron chi connectivity index (χ3n) is 1.95. The van der Waals surface area contributed by atoms with Crippen LogP contribution < -0.4 is 4.74 Å². The van der Waals surface area contributed by atoms with Crippen LogP contribution in [0.2, 0.25) is 0 Å². The summed E-state index contributed by atoms with van der Waals surface area (Å²) in [6.07, 6.45) is 3.21. The number of ether oxygens (including phenoxy) is 1. The lowest BCUT2D eigenvalue weighted by atomic mass is 10.2. The molecule has 0 aliphatic rings. The molecule has 2 nitrogen and oxygen atoms in total. The zero-order chi connectivity index (χ0) is 10.9. The van der Waals surface area contributed by atoms with Crippen LogP contribution in [0.3, 0.4) is 0 Å². The quantitative estimate of drug-likeness (QED) is 0.603. The molecule has 0 aliphatic heterocycles. The van der Waals surface area contributed by atoms with Crippen molar-refractivity contribution in [3.63, 3.8) is 0 Å². The Morgan fingerprint density at radius 3 is 2.80 bits per heavy atom. The molecule has 0 heterocycles. The number of phenols is 1. The Hall–Kier alpha value is -1.62. The van der Waals surface area contributed by atoms with Crippen molar-refractivity contribution in [1.82, 2.24) is 0 Å². The van der Waals surface area contributed by atoms with Crippen molar-refractivity contribution in [2.24, 2.45) is 0 Å². The normalized spacial score (nSPS) is 9.13. The average molecular weight is 204 g/mol. The van der Waals surface area contributed by atoms with E-state index in [2.05, 4.69) is 18.8 Å². The summed E-state index contributed by atoms with van der Waals surface area (Å²) in [5.74, 6) is 6.58. The first-order chi connectivity index (χ1) is 7.34. The van der Waals surface area contributed by atoms with Crippen molar-refractivity contribution in [2.45, 2.75) is 26.2 Å². The van der Waals surface area contributed by atoms with Crippen LogP contribution in [0.5, 0.6) is 11.5 Å². The van der Waals surface area contributed by atoms with Crippen LogP contribution in [-0.2, 0) is 0 Å². The standard InChI is InChI=1S/C13H16O2/c1-2-3-4-5-8-11-15-13-10-7-6-9-12(13)14/h6-7,9-10,14H,2-4,11H2,1H3. The molecule has 0 aliphatic carbocycles. The minimum atomic E-state index is 0.160. The maximum atomic E-state index is 9.38. The van der Waals surface area contributed by atoms with E-state index in [0.717, 1.165) is 19.3 Å². The third-order valence-corrected chi connectivity index (χ3v) is 1.95. The molecule has 15 heavy (non-hydrogen) atoms. The van der Waals surface area contributed by atoms with Crippen LogP contribution in [0.15, 0.2) is 24.3 Å². The zero-order valence-corrected chi connectivity index (χ0v) is 8.99. The molecule has 1 rings (SSSR count). The topological polar surface area (TPSA) is 29.5 Å². The second kappa shape index (κ2) is 6.78. The molecule has 0 atom stereocenters. The van der Waals surface area contributed by atoms with Crippen molar-refractivity contribution >= 4 is 0 Å². The van der Waals surface area contributed by atoms with E-state index in [1.54, 1.807) is 18.2 Å². The van der Waals surface area contributed by atoms with Crippen LogP contribution >= 0.6 is 0 Å². The van der Waals surface area contributed by atoms with Crippen molar-refractivity contribution < 1.29 is 9.84 Å². The summed E-state index contributed by atoms with van der Waals surface area (Å²) in [6.45, 7) is 2.47. The molecule has 80 valence electrons. The Morgan fingerprint density at radius 2 is 2.07 bits per heavy atom. The summed E-state index contributed by atoms with van der Waals surface area (Å²) in [4.78, 5) is 0. The molecule has 0 radical (unpaired) electrons. The molecular weight excluding hydrogens is 188 g/mol. The third kappa shape index (κ3) is 4.42. The molecule has 0 saturated carbocycles. The zero-order valence-electron chi connectivity index (χ0n) is 8.99. The highest BCUT2D eigenvalue weighted by Gasteiger charge is 1.97. The van der Waals surface area contributed by atoms with E-state index in [9.17, 15) is 5.11 Å². The summed E-state index contributed by atoms with van der Waals surface area (Å²) < 4.78 is 5.29. The van der Waals surface area contributed by atoms with Gasteiger partial charge in [-0.2, -0.15) is 0 Å². The van der Waals surface area contributed by atoms with E-state index in [4.69, 9.17) is 4.74 Å². The van der Waals surface area contributed by atoms with E-state index < -0.39 is 0 Å². The molecule has 1 aromatic rings. The number of aromatic hydroxyl groups is 1. The van der Waals surface area contributed by atoms with E-state index >= 15 is 0 Å². The fourth-order valence-electron chi connectivity index (χ4n) is 1.10. The molecule has 1 aromatic carbocycles. The van der Waals surface area contributed by atoms with E-state index in [-0.39, 0.29) is 5.75 Å². The van der Waals surface area contributed by atoms with Gasteiger partial charge in [0.05, 0.1) is 0 Å². The number of hydrogen-bond acceptors (Lipinski definition) is 2. The number of hydrogen-bond donors (Lipinski definition) is 1. The van der Waals surface area contributed by atoms with Gasteiger partial charge in [-0.15, -0.1) is 0 Å². The maximum absolute atomic E-state index is 9.38. The number of benzene rings is 1. The average Bonchev–Trinajstić information content (AvgIpc) is 2.25. The highest BCUT2D eigenvalue weighted by atomic mass is 16.5. The van der Waals surface area contributed by atoms with Crippen LogP contribution in [-0.4, -0.2) is 11.7 Å². The number of rotatable bonds is 4. The number of para-hydroxylation sites is 2. The maximum Gasteiger partial charge on any atom is 0.162 e. The second-order valence-electron chi connectivity index (χ2n) is 3.21. The first kappa shape index (κ1) is 11.5. The largest absolute Gasteiger partial charge is 0.504 e. The SMILES string of the molecule is CCCCC#CCOc1ccccc1O. The van der Waals surface area contributed by atoms with Gasteiger partial charge in [0, 0.05) is 6.42 Å². The molecule has 0 saturated heterocycles. The van der Waals surface area contributed by atoms with Gasteiger partial charge in [0.1, 0.15) is 6.61 Å². The van der Waals surface area contributed by atoms with Gasteiger partial charge in [-0.25, -0.2) is 0 Å². The van der Waals surface area contributed by atoms with Crippen LogP contribution in [0.25, 0.3) is 0 Å². The smallest absolute Gasteiger partial charge is 0.162 e. The molecule has 0 bridgehead atoms. The number of unbranched alkanes of at least 4 members (excludes halogenated alkanes) is 2.